The molecule has 2 atom stereocenters. The van der Waals surface area contributed by atoms with Crippen molar-refractivity contribution in [1.29, 1.82) is 0 Å². The Morgan fingerprint density at radius 1 is 1.16 bits per heavy atom. The van der Waals surface area contributed by atoms with Crippen LogP contribution < -0.4 is 0 Å². The first kappa shape index (κ1) is 17.7. The van der Waals surface area contributed by atoms with Crippen molar-refractivity contribution < 1.29 is 33.0 Å². The number of carbonyl (C=O) groups excluding carboxylic acids is 1. The minimum Gasteiger partial charge on any atom is -0.479 e. The highest BCUT2D eigenvalue weighted by atomic mass is 19.4. The number of aliphatic carboxylic acids is 1. The molecule has 8 heteroatoms. The van der Waals surface area contributed by atoms with Gasteiger partial charge in [-0.3, -0.25) is 4.79 Å². The second-order valence-electron chi connectivity index (χ2n) is 6.70. The first-order valence-corrected chi connectivity index (χ1v) is 8.04. The van der Waals surface area contributed by atoms with E-state index in [-0.39, 0.29) is 37.4 Å². The molecule has 1 saturated heterocycles. The van der Waals surface area contributed by atoms with E-state index in [0.717, 1.165) is 6.07 Å². The first-order valence-electron chi connectivity index (χ1n) is 8.04. The smallest absolute Gasteiger partial charge is 0.416 e. The van der Waals surface area contributed by atoms with Crippen LogP contribution in [0.1, 0.15) is 36.3 Å². The lowest BCUT2D eigenvalue weighted by molar-refractivity contribution is -0.165. The van der Waals surface area contributed by atoms with E-state index in [2.05, 4.69) is 0 Å². The molecule has 0 bridgehead atoms. The van der Waals surface area contributed by atoms with Crippen molar-refractivity contribution in [3.05, 3.63) is 35.4 Å². The summed E-state index contributed by atoms with van der Waals surface area (Å²) in [5.74, 6) is -2.57. The molecule has 1 aromatic rings. The molecular formula is C17H18F3NO4. The number of alkyl halides is 3. The summed E-state index contributed by atoms with van der Waals surface area (Å²) in [4.78, 5) is 25.0. The molecule has 1 amide bonds. The van der Waals surface area contributed by atoms with Gasteiger partial charge in [-0.25, -0.2) is 4.79 Å². The van der Waals surface area contributed by atoms with Gasteiger partial charge in [0.25, 0.3) is 0 Å². The molecule has 0 spiro atoms. The van der Waals surface area contributed by atoms with Gasteiger partial charge in [0, 0.05) is 31.8 Å². The molecule has 2 fully saturated rings. The fourth-order valence-corrected chi connectivity index (χ4v) is 3.44. The summed E-state index contributed by atoms with van der Waals surface area (Å²) < 4.78 is 39.3. The quantitative estimate of drug-likeness (QED) is 0.870. The molecule has 2 aliphatic rings. The molecule has 0 radical (unpaired) electrons. The minimum atomic E-state index is -4.46. The molecule has 0 aromatic heterocycles. The van der Waals surface area contributed by atoms with Gasteiger partial charge in [0.15, 0.2) is 5.60 Å². The van der Waals surface area contributed by atoms with Gasteiger partial charge in [0.05, 0.1) is 5.56 Å². The number of hydrogen-bond donors (Lipinski definition) is 2. The van der Waals surface area contributed by atoms with Crippen LogP contribution in [0.4, 0.5) is 13.2 Å². The number of benzene rings is 1. The highest BCUT2D eigenvalue weighted by Gasteiger charge is 2.50. The number of aliphatic hydroxyl groups is 1. The SMILES string of the molecule is O=C(C1CC1c1ccccc1C(F)(F)F)N1CCC(O)(C(=O)O)CC1. The molecule has 1 aliphatic heterocycles. The molecule has 2 N–H and O–H groups in total. The van der Waals surface area contributed by atoms with E-state index >= 15 is 0 Å². The summed E-state index contributed by atoms with van der Waals surface area (Å²) in [5.41, 5.74) is -2.41. The summed E-state index contributed by atoms with van der Waals surface area (Å²) >= 11 is 0. The van der Waals surface area contributed by atoms with Gasteiger partial charge < -0.3 is 15.1 Å². The van der Waals surface area contributed by atoms with E-state index in [9.17, 15) is 27.9 Å². The third-order valence-electron chi connectivity index (χ3n) is 5.07. The fourth-order valence-electron chi connectivity index (χ4n) is 3.44. The van der Waals surface area contributed by atoms with Crippen LogP contribution >= 0.6 is 0 Å². The van der Waals surface area contributed by atoms with E-state index in [0.29, 0.717) is 6.42 Å². The Morgan fingerprint density at radius 3 is 2.32 bits per heavy atom. The summed E-state index contributed by atoms with van der Waals surface area (Å²) in [7, 11) is 0. The van der Waals surface area contributed by atoms with Gasteiger partial charge in [-0.15, -0.1) is 0 Å². The highest BCUT2D eigenvalue weighted by molar-refractivity contribution is 5.84. The van der Waals surface area contributed by atoms with E-state index in [1.807, 2.05) is 0 Å². The average molecular weight is 357 g/mol. The van der Waals surface area contributed by atoms with E-state index in [1.165, 1.54) is 23.1 Å². The summed E-state index contributed by atoms with van der Waals surface area (Å²) in [6.07, 6.45) is -4.27. The zero-order valence-corrected chi connectivity index (χ0v) is 13.3. The third kappa shape index (κ3) is 3.35. The Labute approximate surface area is 142 Å². The second kappa shape index (κ2) is 6.01. The molecule has 1 saturated carbocycles. The number of piperidine rings is 1. The first-order chi connectivity index (χ1) is 11.6. The van der Waals surface area contributed by atoms with Gasteiger partial charge in [0.1, 0.15) is 0 Å². The van der Waals surface area contributed by atoms with Crippen LogP contribution in [0.25, 0.3) is 0 Å². The lowest BCUT2D eigenvalue weighted by Crippen LogP contribution is -2.51. The normalized spacial score (nSPS) is 25.5. The topological polar surface area (TPSA) is 77.8 Å². The number of hydrogen-bond acceptors (Lipinski definition) is 3. The monoisotopic (exact) mass is 357 g/mol. The van der Waals surface area contributed by atoms with Crippen molar-refractivity contribution in [3.63, 3.8) is 0 Å². The van der Waals surface area contributed by atoms with E-state index < -0.39 is 35.1 Å². The molecule has 25 heavy (non-hydrogen) atoms. The number of carboxylic acid groups (broad SMARTS) is 1. The lowest BCUT2D eigenvalue weighted by atomic mass is 9.91. The van der Waals surface area contributed by atoms with Crippen LogP contribution in [-0.2, 0) is 15.8 Å². The zero-order valence-electron chi connectivity index (χ0n) is 13.3. The van der Waals surface area contributed by atoms with E-state index in [1.54, 1.807) is 0 Å². The molecule has 1 aromatic carbocycles. The maximum absolute atomic E-state index is 13.1. The lowest BCUT2D eigenvalue weighted by Gasteiger charge is -2.35. The molecule has 1 heterocycles. The van der Waals surface area contributed by atoms with Crippen LogP contribution in [0.5, 0.6) is 0 Å². The Morgan fingerprint density at radius 2 is 1.76 bits per heavy atom. The molecule has 3 rings (SSSR count). The van der Waals surface area contributed by atoms with E-state index in [4.69, 9.17) is 5.11 Å². The maximum Gasteiger partial charge on any atom is 0.416 e. The largest absolute Gasteiger partial charge is 0.479 e. The van der Waals surface area contributed by atoms with Crippen molar-refractivity contribution in [3.8, 4) is 0 Å². The number of nitrogens with zero attached hydrogens (tertiary/aromatic N) is 1. The Hall–Kier alpha value is -2.09. The highest BCUT2D eigenvalue weighted by Crippen LogP contribution is 2.52. The Bertz CT molecular complexity index is 695. The summed E-state index contributed by atoms with van der Waals surface area (Å²) in [5, 5.41) is 18.9. The molecule has 2 unspecified atom stereocenters. The summed E-state index contributed by atoms with van der Waals surface area (Å²) in [6, 6.07) is 5.27. The van der Waals surface area contributed by atoms with Crippen LogP contribution in [0.2, 0.25) is 0 Å². The van der Waals surface area contributed by atoms with Crippen molar-refractivity contribution in [2.45, 2.75) is 37.0 Å². The fraction of sp³-hybridized carbons (Fsp3) is 0.529. The Balaban J connectivity index is 1.67. The number of rotatable bonds is 3. The van der Waals surface area contributed by atoms with Gasteiger partial charge >= 0.3 is 12.1 Å². The molecule has 5 nitrogen and oxygen atoms in total. The predicted octanol–water partition coefficient (Wildman–Crippen LogP) is 2.25. The number of likely N-dealkylation sites (tertiary alicyclic amines) is 1. The standard InChI is InChI=1S/C17H18F3NO4/c18-17(19,20)13-4-2-1-3-10(13)11-9-12(11)14(22)21-7-5-16(25,6-8-21)15(23)24/h1-4,11-12,25H,5-9H2,(H,23,24). The van der Waals surface area contributed by atoms with Crippen molar-refractivity contribution >= 4 is 11.9 Å². The third-order valence-corrected chi connectivity index (χ3v) is 5.07. The molecular weight excluding hydrogens is 339 g/mol. The summed E-state index contributed by atoms with van der Waals surface area (Å²) in [6.45, 7) is 0.178. The van der Waals surface area contributed by atoms with Gasteiger partial charge in [-0.1, -0.05) is 18.2 Å². The van der Waals surface area contributed by atoms with Crippen LogP contribution in [-0.4, -0.2) is 45.7 Å². The maximum atomic E-state index is 13.1. The van der Waals surface area contributed by atoms with Crippen molar-refractivity contribution in [1.82, 2.24) is 4.90 Å². The number of carboxylic acids is 1. The number of carbonyl (C=O) groups is 2. The number of halogens is 3. The van der Waals surface area contributed by atoms with Crippen molar-refractivity contribution in [2.75, 3.05) is 13.1 Å². The van der Waals surface area contributed by atoms with Crippen molar-refractivity contribution in [2.24, 2.45) is 5.92 Å². The number of amides is 1. The zero-order chi connectivity index (χ0) is 18.4. The molecule has 1 aliphatic carbocycles. The van der Waals surface area contributed by atoms with Crippen LogP contribution in [0.15, 0.2) is 24.3 Å². The minimum absolute atomic E-state index is 0.0788. The van der Waals surface area contributed by atoms with Crippen LogP contribution in [0.3, 0.4) is 0 Å². The predicted molar refractivity (Wildman–Crippen MR) is 80.7 cm³/mol. The van der Waals surface area contributed by atoms with Gasteiger partial charge in [-0.2, -0.15) is 13.2 Å². The van der Waals surface area contributed by atoms with Crippen LogP contribution in [0, 0.1) is 5.92 Å². The van der Waals surface area contributed by atoms with Gasteiger partial charge in [0.2, 0.25) is 5.91 Å². The van der Waals surface area contributed by atoms with Gasteiger partial charge in [-0.05, 0) is 24.0 Å². The second-order valence-corrected chi connectivity index (χ2v) is 6.70. The Kier molecular flexibility index (Phi) is 4.26. The molecule has 136 valence electrons. The average Bonchev–Trinajstić information content (AvgIpc) is 3.34.